The molecule has 2 aromatic carbocycles. The van der Waals surface area contributed by atoms with E-state index in [2.05, 4.69) is 15.3 Å². The van der Waals surface area contributed by atoms with Gasteiger partial charge in [-0.15, -0.1) is 0 Å². The highest BCUT2D eigenvalue weighted by molar-refractivity contribution is 5.94. The molecule has 4 N–H and O–H groups in total. The third-order valence-electron chi connectivity index (χ3n) is 3.69. The lowest BCUT2D eigenvalue weighted by Crippen LogP contribution is -2.12. The molecule has 2 heterocycles. The van der Waals surface area contributed by atoms with Crippen LogP contribution in [0.2, 0.25) is 0 Å². The van der Waals surface area contributed by atoms with Crippen molar-refractivity contribution in [2.75, 3.05) is 11.2 Å². The third-order valence-corrected chi connectivity index (χ3v) is 3.69. The minimum absolute atomic E-state index is 0.0102. The fourth-order valence-electron chi connectivity index (χ4n) is 2.61. The molecule has 0 atom stereocenters. The van der Waals surface area contributed by atoms with E-state index in [1.807, 2.05) is 0 Å². The Kier molecular flexibility index (Phi) is 2.92. The number of fused-ring (bicyclic) bond motifs is 2. The average Bonchev–Trinajstić information content (AvgIpc) is 3.06. The van der Waals surface area contributed by atoms with Crippen molar-refractivity contribution in [3.05, 3.63) is 53.7 Å². The number of aromatic nitrogens is 3. The molecule has 0 bridgehead atoms. The maximum atomic E-state index is 14.0. The number of nitrogens with zero attached hydrogens (tertiary/aromatic N) is 2. The van der Waals surface area contributed by atoms with E-state index in [0.29, 0.717) is 11.6 Å². The summed E-state index contributed by atoms with van der Waals surface area (Å²) in [5.74, 6) is 1.96. The standard InChI is InChI=1S/C15H9F4N5/c16-6-3-8(18)14-10(4-6)22-15(24(14)20)23-11-5-21-9-2-1-7(17)13(19)12(9)11/h1-5,21H,20H2,(H,22,23). The predicted octanol–water partition coefficient (Wildman–Crippen LogP) is 3.53. The van der Waals surface area contributed by atoms with Crippen LogP contribution in [0.1, 0.15) is 0 Å². The molecular weight excluding hydrogens is 326 g/mol. The molecule has 0 spiro atoms. The zero-order valence-corrected chi connectivity index (χ0v) is 11.9. The highest BCUT2D eigenvalue weighted by atomic mass is 19.2. The molecule has 2 aromatic heterocycles. The number of rotatable bonds is 2. The Hall–Kier alpha value is -3.23. The number of nitrogens with one attached hydrogen (secondary N) is 2. The molecule has 122 valence electrons. The molecule has 0 aliphatic rings. The van der Waals surface area contributed by atoms with E-state index in [0.717, 1.165) is 16.8 Å². The quantitative estimate of drug-likeness (QED) is 0.388. The fourth-order valence-corrected chi connectivity index (χ4v) is 2.61. The Morgan fingerprint density at radius 1 is 1.08 bits per heavy atom. The molecule has 0 fully saturated rings. The fraction of sp³-hybridized carbons (Fsp3) is 0. The number of H-pyrrole nitrogens is 1. The SMILES string of the molecule is Nn1c(Nc2c[nH]c3ccc(F)c(F)c23)nc2cc(F)cc(F)c21. The summed E-state index contributed by atoms with van der Waals surface area (Å²) in [6.45, 7) is 0. The molecule has 0 unspecified atom stereocenters. The highest BCUT2D eigenvalue weighted by Gasteiger charge is 2.18. The second-order valence-corrected chi connectivity index (χ2v) is 5.17. The first-order valence-electron chi connectivity index (χ1n) is 6.80. The number of hydrogen-bond acceptors (Lipinski definition) is 3. The van der Waals surface area contributed by atoms with E-state index in [4.69, 9.17) is 5.84 Å². The number of halogens is 4. The molecule has 24 heavy (non-hydrogen) atoms. The molecular formula is C15H9F4N5. The van der Waals surface area contributed by atoms with Crippen molar-refractivity contribution >= 4 is 33.6 Å². The summed E-state index contributed by atoms with van der Waals surface area (Å²) in [6, 6.07) is 4.06. The first kappa shape index (κ1) is 14.4. The first-order chi connectivity index (χ1) is 11.5. The average molecular weight is 335 g/mol. The van der Waals surface area contributed by atoms with Crippen LogP contribution in [0.5, 0.6) is 0 Å². The highest BCUT2D eigenvalue weighted by Crippen LogP contribution is 2.30. The largest absolute Gasteiger partial charge is 0.359 e. The Balaban J connectivity index is 1.87. The number of benzene rings is 2. The summed E-state index contributed by atoms with van der Waals surface area (Å²) in [7, 11) is 0. The normalized spacial score (nSPS) is 11.5. The van der Waals surface area contributed by atoms with Gasteiger partial charge in [-0.1, -0.05) is 0 Å². The lowest BCUT2D eigenvalue weighted by Gasteiger charge is -2.05. The van der Waals surface area contributed by atoms with Gasteiger partial charge in [-0.05, 0) is 12.1 Å². The van der Waals surface area contributed by atoms with Gasteiger partial charge < -0.3 is 16.1 Å². The summed E-state index contributed by atoms with van der Waals surface area (Å²) in [5.41, 5.74) is 0.382. The second kappa shape index (κ2) is 4.88. The summed E-state index contributed by atoms with van der Waals surface area (Å²) in [6.07, 6.45) is 1.39. The minimum Gasteiger partial charge on any atom is -0.359 e. The summed E-state index contributed by atoms with van der Waals surface area (Å²) in [4.78, 5) is 6.75. The van der Waals surface area contributed by atoms with Crippen LogP contribution in [0.3, 0.4) is 0 Å². The smallest absolute Gasteiger partial charge is 0.227 e. The van der Waals surface area contributed by atoms with Gasteiger partial charge in [-0.3, -0.25) is 0 Å². The van der Waals surface area contributed by atoms with E-state index >= 15 is 0 Å². The lowest BCUT2D eigenvalue weighted by atomic mass is 10.2. The number of nitrogen functional groups attached to an aromatic ring is 1. The number of anilines is 2. The number of hydrogen-bond donors (Lipinski definition) is 3. The minimum atomic E-state index is -1.05. The first-order valence-corrected chi connectivity index (χ1v) is 6.80. The number of imidazole rings is 1. The third kappa shape index (κ3) is 1.98. The van der Waals surface area contributed by atoms with Crippen LogP contribution in [0.4, 0.5) is 29.2 Å². The molecule has 5 nitrogen and oxygen atoms in total. The zero-order chi connectivity index (χ0) is 17.0. The van der Waals surface area contributed by atoms with E-state index in [1.54, 1.807) is 0 Å². The molecule has 4 aromatic rings. The van der Waals surface area contributed by atoms with Crippen molar-refractivity contribution in [3.8, 4) is 0 Å². The van der Waals surface area contributed by atoms with E-state index < -0.39 is 23.3 Å². The lowest BCUT2D eigenvalue weighted by molar-refractivity contribution is 0.517. The van der Waals surface area contributed by atoms with Crippen LogP contribution in [0.25, 0.3) is 21.9 Å². The Bertz CT molecular complexity index is 1100. The van der Waals surface area contributed by atoms with Crippen LogP contribution in [-0.4, -0.2) is 14.6 Å². The van der Waals surface area contributed by atoms with Gasteiger partial charge in [-0.2, -0.15) is 0 Å². The maximum absolute atomic E-state index is 14.0. The maximum Gasteiger partial charge on any atom is 0.227 e. The van der Waals surface area contributed by atoms with Crippen molar-refractivity contribution in [2.45, 2.75) is 0 Å². The van der Waals surface area contributed by atoms with Gasteiger partial charge >= 0.3 is 0 Å². The van der Waals surface area contributed by atoms with Gasteiger partial charge in [0.25, 0.3) is 0 Å². The van der Waals surface area contributed by atoms with Crippen LogP contribution in [0.15, 0.2) is 30.5 Å². The van der Waals surface area contributed by atoms with Gasteiger partial charge in [0.1, 0.15) is 11.3 Å². The Morgan fingerprint density at radius 2 is 1.88 bits per heavy atom. The van der Waals surface area contributed by atoms with Gasteiger partial charge in [0.15, 0.2) is 17.5 Å². The van der Waals surface area contributed by atoms with Crippen molar-refractivity contribution in [3.63, 3.8) is 0 Å². The molecule has 4 rings (SSSR count). The van der Waals surface area contributed by atoms with Crippen molar-refractivity contribution in [1.82, 2.24) is 14.6 Å². The van der Waals surface area contributed by atoms with E-state index in [-0.39, 0.29) is 28.1 Å². The molecule has 0 saturated heterocycles. The van der Waals surface area contributed by atoms with Crippen LogP contribution in [-0.2, 0) is 0 Å². The molecule has 0 aliphatic heterocycles. The van der Waals surface area contributed by atoms with E-state index in [9.17, 15) is 17.6 Å². The predicted molar refractivity (Wildman–Crippen MR) is 81.3 cm³/mol. The topological polar surface area (TPSA) is 71.7 Å². The van der Waals surface area contributed by atoms with Gasteiger partial charge in [0.05, 0.1) is 22.1 Å². The van der Waals surface area contributed by atoms with Gasteiger partial charge in [-0.25, -0.2) is 27.2 Å². The van der Waals surface area contributed by atoms with Gasteiger partial charge in [0.2, 0.25) is 5.95 Å². The summed E-state index contributed by atoms with van der Waals surface area (Å²) >= 11 is 0. The molecule has 0 aliphatic carbocycles. The molecule has 0 radical (unpaired) electrons. The molecule has 0 saturated carbocycles. The zero-order valence-electron chi connectivity index (χ0n) is 11.9. The van der Waals surface area contributed by atoms with Crippen LogP contribution >= 0.6 is 0 Å². The van der Waals surface area contributed by atoms with Gasteiger partial charge in [0, 0.05) is 18.3 Å². The molecule has 0 amide bonds. The van der Waals surface area contributed by atoms with Crippen molar-refractivity contribution in [1.29, 1.82) is 0 Å². The number of aromatic amines is 1. The summed E-state index contributed by atoms with van der Waals surface area (Å²) in [5, 5.41) is 2.67. The molecule has 9 heteroatoms. The van der Waals surface area contributed by atoms with E-state index in [1.165, 1.54) is 12.3 Å². The van der Waals surface area contributed by atoms with Crippen molar-refractivity contribution < 1.29 is 17.6 Å². The monoisotopic (exact) mass is 335 g/mol. The Morgan fingerprint density at radius 3 is 2.67 bits per heavy atom. The number of nitrogens with two attached hydrogens (primary N) is 1. The van der Waals surface area contributed by atoms with Crippen LogP contribution in [0, 0.1) is 23.3 Å². The Labute approximate surface area is 131 Å². The summed E-state index contributed by atoms with van der Waals surface area (Å²) < 4.78 is 55.4. The van der Waals surface area contributed by atoms with Crippen LogP contribution < -0.4 is 11.2 Å². The van der Waals surface area contributed by atoms with Crippen molar-refractivity contribution in [2.24, 2.45) is 0 Å². The second-order valence-electron chi connectivity index (χ2n) is 5.17.